The second-order valence-electron chi connectivity index (χ2n) is 3.65. The van der Waals surface area contributed by atoms with Crippen LogP contribution in [-0.2, 0) is 6.54 Å². The Kier molecular flexibility index (Phi) is 3.44. The van der Waals surface area contributed by atoms with Crippen molar-refractivity contribution in [1.29, 1.82) is 0 Å². The van der Waals surface area contributed by atoms with E-state index < -0.39 is 5.97 Å². The van der Waals surface area contributed by atoms with Crippen molar-refractivity contribution in [2.24, 2.45) is 0 Å². The van der Waals surface area contributed by atoms with Crippen LogP contribution in [0.15, 0.2) is 17.5 Å². The first-order chi connectivity index (χ1) is 8.08. The highest BCUT2D eigenvalue weighted by molar-refractivity contribution is 7.17. The van der Waals surface area contributed by atoms with Gasteiger partial charge in [-0.05, 0) is 18.4 Å². The molecule has 2 aromatic rings. The van der Waals surface area contributed by atoms with E-state index in [0.717, 1.165) is 11.7 Å². The molecule has 0 radical (unpaired) electrons. The Labute approximate surface area is 107 Å². The molecular weight excluding hydrogens is 256 g/mol. The highest BCUT2D eigenvalue weighted by Crippen LogP contribution is 2.26. The summed E-state index contributed by atoms with van der Waals surface area (Å²) in [5.41, 5.74) is 0.579. The summed E-state index contributed by atoms with van der Waals surface area (Å²) in [7, 11) is 1.92. The minimum absolute atomic E-state index is 0.318. The van der Waals surface area contributed by atoms with E-state index in [9.17, 15) is 4.79 Å². The molecule has 0 spiro atoms. The average Bonchev–Trinajstić information content (AvgIpc) is 2.86. The van der Waals surface area contributed by atoms with Crippen molar-refractivity contribution in [1.82, 2.24) is 4.98 Å². The van der Waals surface area contributed by atoms with Gasteiger partial charge in [-0.15, -0.1) is 11.3 Å². The third kappa shape index (κ3) is 2.65. The second-order valence-corrected chi connectivity index (χ2v) is 5.66. The lowest BCUT2D eigenvalue weighted by molar-refractivity contribution is 0.0701. The van der Waals surface area contributed by atoms with E-state index >= 15 is 0 Å². The van der Waals surface area contributed by atoms with Gasteiger partial charge in [0, 0.05) is 11.9 Å². The number of aryl methyl sites for hydroxylation is 1. The van der Waals surface area contributed by atoms with E-state index in [-0.39, 0.29) is 0 Å². The summed E-state index contributed by atoms with van der Waals surface area (Å²) in [5.74, 6) is -0.907. The van der Waals surface area contributed by atoms with Gasteiger partial charge in [-0.1, -0.05) is 17.4 Å². The number of thiophene rings is 1. The molecule has 4 nitrogen and oxygen atoms in total. The zero-order valence-corrected chi connectivity index (χ0v) is 11.1. The number of nitrogens with zero attached hydrogens (tertiary/aromatic N) is 2. The van der Waals surface area contributed by atoms with Gasteiger partial charge >= 0.3 is 5.97 Å². The van der Waals surface area contributed by atoms with Crippen molar-refractivity contribution in [3.63, 3.8) is 0 Å². The molecule has 0 saturated carbocycles. The molecule has 2 rings (SSSR count). The molecular formula is C11H12N2O2S2. The van der Waals surface area contributed by atoms with E-state index in [4.69, 9.17) is 5.11 Å². The van der Waals surface area contributed by atoms with Crippen molar-refractivity contribution in [3.8, 4) is 0 Å². The summed E-state index contributed by atoms with van der Waals surface area (Å²) in [5, 5.41) is 11.7. The molecule has 0 fully saturated rings. The summed E-state index contributed by atoms with van der Waals surface area (Å²) in [6, 6.07) is 4.06. The molecule has 2 heterocycles. The fourth-order valence-corrected chi connectivity index (χ4v) is 3.07. The standard InChI is InChI=1S/C11H12N2O2S2/c1-7-9(10(14)15)17-11(12-7)13(2)6-8-4-3-5-16-8/h3-5H,6H2,1-2H3,(H,14,15). The average molecular weight is 268 g/mol. The van der Waals surface area contributed by atoms with Crippen LogP contribution in [0, 0.1) is 6.92 Å². The number of thiazole rings is 1. The van der Waals surface area contributed by atoms with Crippen LogP contribution in [0.5, 0.6) is 0 Å². The molecule has 0 atom stereocenters. The minimum Gasteiger partial charge on any atom is -0.477 e. The smallest absolute Gasteiger partial charge is 0.347 e. The van der Waals surface area contributed by atoms with Gasteiger partial charge in [0.15, 0.2) is 5.13 Å². The lowest BCUT2D eigenvalue weighted by atomic mass is 10.4. The normalized spacial score (nSPS) is 10.5. The first-order valence-corrected chi connectivity index (χ1v) is 6.72. The van der Waals surface area contributed by atoms with Gasteiger partial charge in [0.1, 0.15) is 4.88 Å². The lowest BCUT2D eigenvalue weighted by Gasteiger charge is -2.13. The number of aromatic carboxylic acids is 1. The Bertz CT molecular complexity index is 520. The maximum absolute atomic E-state index is 10.9. The molecule has 0 amide bonds. The number of carboxylic acid groups (broad SMARTS) is 1. The topological polar surface area (TPSA) is 53.4 Å². The zero-order valence-electron chi connectivity index (χ0n) is 9.51. The van der Waals surface area contributed by atoms with Crippen molar-refractivity contribution in [2.45, 2.75) is 13.5 Å². The minimum atomic E-state index is -0.907. The van der Waals surface area contributed by atoms with Crippen molar-refractivity contribution < 1.29 is 9.90 Å². The molecule has 0 aliphatic rings. The Morgan fingerprint density at radius 3 is 2.88 bits per heavy atom. The van der Waals surface area contributed by atoms with Crippen LogP contribution < -0.4 is 4.90 Å². The first-order valence-electron chi connectivity index (χ1n) is 5.02. The molecule has 0 bridgehead atoms. The van der Waals surface area contributed by atoms with E-state index in [2.05, 4.69) is 11.1 Å². The maximum Gasteiger partial charge on any atom is 0.347 e. The highest BCUT2D eigenvalue weighted by atomic mass is 32.1. The lowest BCUT2D eigenvalue weighted by Crippen LogP contribution is -2.15. The van der Waals surface area contributed by atoms with Gasteiger partial charge < -0.3 is 10.0 Å². The van der Waals surface area contributed by atoms with Gasteiger partial charge in [-0.3, -0.25) is 0 Å². The molecule has 0 aliphatic heterocycles. The maximum atomic E-state index is 10.9. The number of anilines is 1. The fourth-order valence-electron chi connectivity index (χ4n) is 1.45. The van der Waals surface area contributed by atoms with Gasteiger partial charge in [0.05, 0.1) is 12.2 Å². The zero-order chi connectivity index (χ0) is 12.4. The van der Waals surface area contributed by atoms with Gasteiger partial charge in [-0.25, -0.2) is 9.78 Å². The molecule has 0 saturated heterocycles. The van der Waals surface area contributed by atoms with Crippen molar-refractivity contribution in [2.75, 3.05) is 11.9 Å². The van der Waals surface area contributed by atoms with Crippen LogP contribution >= 0.6 is 22.7 Å². The van der Waals surface area contributed by atoms with Crippen LogP contribution in [0.4, 0.5) is 5.13 Å². The van der Waals surface area contributed by atoms with E-state index in [0.29, 0.717) is 10.6 Å². The monoisotopic (exact) mass is 268 g/mol. The number of aromatic nitrogens is 1. The van der Waals surface area contributed by atoms with Crippen molar-refractivity contribution in [3.05, 3.63) is 33.0 Å². The Balaban J connectivity index is 2.17. The van der Waals surface area contributed by atoms with Crippen LogP contribution in [-0.4, -0.2) is 23.1 Å². The largest absolute Gasteiger partial charge is 0.477 e. The Hall–Kier alpha value is -1.40. The Morgan fingerprint density at radius 2 is 2.35 bits per heavy atom. The molecule has 2 aromatic heterocycles. The SMILES string of the molecule is Cc1nc(N(C)Cc2cccs2)sc1C(=O)O. The molecule has 0 aromatic carbocycles. The highest BCUT2D eigenvalue weighted by Gasteiger charge is 2.16. The third-order valence-corrected chi connectivity index (χ3v) is 4.40. The molecule has 1 N–H and O–H groups in total. The predicted octanol–water partition coefficient (Wildman–Crippen LogP) is 2.85. The first kappa shape index (κ1) is 12.1. The van der Waals surface area contributed by atoms with E-state index in [1.807, 2.05) is 23.4 Å². The summed E-state index contributed by atoms with van der Waals surface area (Å²) >= 11 is 2.90. The number of carboxylic acids is 1. The molecule has 0 aliphatic carbocycles. The number of carbonyl (C=O) groups is 1. The van der Waals surface area contributed by atoms with Crippen molar-refractivity contribution >= 4 is 33.8 Å². The fraction of sp³-hybridized carbons (Fsp3) is 0.273. The number of hydrogen-bond acceptors (Lipinski definition) is 5. The van der Waals surface area contributed by atoms with Crippen LogP contribution in [0.2, 0.25) is 0 Å². The molecule has 0 unspecified atom stereocenters. The van der Waals surface area contributed by atoms with Crippen LogP contribution in [0.25, 0.3) is 0 Å². The van der Waals surface area contributed by atoms with Gasteiger partial charge in [0.2, 0.25) is 0 Å². The summed E-state index contributed by atoms with van der Waals surface area (Å²) in [6.07, 6.45) is 0. The van der Waals surface area contributed by atoms with E-state index in [1.54, 1.807) is 18.3 Å². The molecule has 17 heavy (non-hydrogen) atoms. The third-order valence-electron chi connectivity index (χ3n) is 2.28. The van der Waals surface area contributed by atoms with Crippen LogP contribution in [0.3, 0.4) is 0 Å². The van der Waals surface area contributed by atoms with Gasteiger partial charge in [-0.2, -0.15) is 0 Å². The summed E-state index contributed by atoms with van der Waals surface area (Å²) in [4.78, 5) is 18.7. The second kappa shape index (κ2) is 4.85. The molecule has 6 heteroatoms. The molecule has 90 valence electrons. The number of hydrogen-bond donors (Lipinski definition) is 1. The predicted molar refractivity (Wildman–Crippen MR) is 70.2 cm³/mol. The van der Waals surface area contributed by atoms with Gasteiger partial charge in [0.25, 0.3) is 0 Å². The number of rotatable bonds is 4. The van der Waals surface area contributed by atoms with Crippen LogP contribution in [0.1, 0.15) is 20.2 Å². The summed E-state index contributed by atoms with van der Waals surface area (Å²) < 4.78 is 0. The quantitative estimate of drug-likeness (QED) is 0.926. The van der Waals surface area contributed by atoms with E-state index in [1.165, 1.54) is 16.2 Å². The summed E-state index contributed by atoms with van der Waals surface area (Å²) in [6.45, 7) is 2.48. The Morgan fingerprint density at radius 1 is 1.59 bits per heavy atom.